The quantitative estimate of drug-likeness (QED) is 0.626. The number of amides is 1. The van der Waals surface area contributed by atoms with Crippen LogP contribution in [0.2, 0.25) is 0 Å². The van der Waals surface area contributed by atoms with Crippen LogP contribution in [0.1, 0.15) is 25.3 Å². The van der Waals surface area contributed by atoms with Crippen molar-refractivity contribution in [1.29, 1.82) is 0 Å². The summed E-state index contributed by atoms with van der Waals surface area (Å²) in [6.07, 6.45) is 1.14. The van der Waals surface area contributed by atoms with E-state index < -0.39 is 6.09 Å². The minimum Gasteiger partial charge on any atom is -0.449 e. The lowest BCUT2D eigenvalue weighted by atomic mass is 10.0. The summed E-state index contributed by atoms with van der Waals surface area (Å²) in [5, 5.41) is 3.82. The van der Waals surface area contributed by atoms with Crippen molar-refractivity contribution in [1.82, 2.24) is 5.43 Å². The molecule has 16 heavy (non-hydrogen) atoms. The molecule has 1 N–H and O–H groups in total. The molecule has 1 atom stereocenters. The molecule has 86 valence electrons. The summed E-state index contributed by atoms with van der Waals surface area (Å²) in [7, 11) is 0. The number of carbonyl (C=O) groups excluding carboxylic acids is 1. The normalized spacial score (nSPS) is 12.4. The number of rotatable bonds is 4. The van der Waals surface area contributed by atoms with Crippen molar-refractivity contribution < 1.29 is 9.53 Å². The van der Waals surface area contributed by atoms with Crippen molar-refractivity contribution in [3.05, 3.63) is 35.9 Å². The standard InChI is InChI=1S/C12H16N2O2/c1-3-16-12(15)14-13-9-10(2)11-7-5-4-6-8-11/h4-10H,3H2,1-2H3,(H,14,15)/b13-9-/t10-/m1/s1. The third-order valence-corrected chi connectivity index (χ3v) is 2.05. The number of ether oxygens (including phenoxy) is 1. The third kappa shape index (κ3) is 4.13. The van der Waals surface area contributed by atoms with Crippen LogP contribution < -0.4 is 5.43 Å². The summed E-state index contributed by atoms with van der Waals surface area (Å²) < 4.78 is 4.67. The fraction of sp³-hybridized carbons (Fsp3) is 0.333. The Labute approximate surface area is 95.3 Å². The van der Waals surface area contributed by atoms with E-state index in [0.717, 1.165) is 5.56 Å². The molecule has 1 amide bonds. The SMILES string of the molecule is CCOC(=O)N/N=C\[C@@H](C)c1ccccc1. The van der Waals surface area contributed by atoms with Gasteiger partial charge in [-0.3, -0.25) is 0 Å². The largest absolute Gasteiger partial charge is 0.449 e. The second kappa shape index (κ2) is 6.61. The van der Waals surface area contributed by atoms with E-state index in [1.165, 1.54) is 0 Å². The first-order valence-electron chi connectivity index (χ1n) is 5.25. The first kappa shape index (κ1) is 12.2. The van der Waals surface area contributed by atoms with Crippen LogP contribution in [0.5, 0.6) is 0 Å². The molecule has 1 rings (SSSR count). The molecular weight excluding hydrogens is 204 g/mol. The molecule has 0 saturated heterocycles. The number of nitrogens with one attached hydrogen (secondary N) is 1. The van der Waals surface area contributed by atoms with Gasteiger partial charge in [-0.1, -0.05) is 37.3 Å². The number of hydrazone groups is 1. The Hall–Kier alpha value is -1.84. The first-order valence-corrected chi connectivity index (χ1v) is 5.25. The predicted molar refractivity (Wildman–Crippen MR) is 63.5 cm³/mol. The van der Waals surface area contributed by atoms with Crippen molar-refractivity contribution in [2.75, 3.05) is 6.61 Å². The molecule has 1 aromatic carbocycles. The Morgan fingerprint density at radius 3 is 2.81 bits per heavy atom. The second-order valence-corrected chi connectivity index (χ2v) is 3.31. The van der Waals surface area contributed by atoms with Crippen LogP contribution in [0.15, 0.2) is 35.4 Å². The van der Waals surface area contributed by atoms with Crippen molar-refractivity contribution in [3.8, 4) is 0 Å². The summed E-state index contributed by atoms with van der Waals surface area (Å²) in [5.41, 5.74) is 3.44. The van der Waals surface area contributed by atoms with Crippen molar-refractivity contribution >= 4 is 12.3 Å². The van der Waals surface area contributed by atoms with Gasteiger partial charge in [-0.15, -0.1) is 0 Å². The van der Waals surface area contributed by atoms with Crippen molar-refractivity contribution in [3.63, 3.8) is 0 Å². The lowest BCUT2D eigenvalue weighted by molar-refractivity contribution is 0.152. The lowest BCUT2D eigenvalue weighted by Crippen LogP contribution is -2.19. The molecular formula is C12H16N2O2. The monoisotopic (exact) mass is 220 g/mol. The summed E-state index contributed by atoms with van der Waals surface area (Å²) in [6, 6.07) is 9.93. The minimum atomic E-state index is -0.529. The highest BCUT2D eigenvalue weighted by molar-refractivity contribution is 5.71. The van der Waals surface area contributed by atoms with E-state index in [1.807, 2.05) is 37.3 Å². The molecule has 0 bridgehead atoms. The lowest BCUT2D eigenvalue weighted by Gasteiger charge is -2.05. The van der Waals surface area contributed by atoms with E-state index in [0.29, 0.717) is 6.61 Å². The zero-order valence-corrected chi connectivity index (χ0v) is 9.51. The van der Waals surface area contributed by atoms with Gasteiger partial charge in [0, 0.05) is 12.1 Å². The highest BCUT2D eigenvalue weighted by atomic mass is 16.5. The number of nitrogens with zero attached hydrogens (tertiary/aromatic N) is 1. The Morgan fingerprint density at radius 2 is 2.19 bits per heavy atom. The highest BCUT2D eigenvalue weighted by Gasteiger charge is 2.01. The Bertz CT molecular complexity index is 349. The van der Waals surface area contributed by atoms with Gasteiger partial charge in [0.25, 0.3) is 0 Å². The number of carbonyl (C=O) groups is 1. The van der Waals surface area contributed by atoms with Gasteiger partial charge in [-0.05, 0) is 12.5 Å². The molecule has 4 nitrogen and oxygen atoms in total. The molecule has 0 aromatic heterocycles. The number of benzene rings is 1. The van der Waals surface area contributed by atoms with E-state index in [-0.39, 0.29) is 5.92 Å². The smallest absolute Gasteiger partial charge is 0.427 e. The van der Waals surface area contributed by atoms with E-state index in [1.54, 1.807) is 13.1 Å². The van der Waals surface area contributed by atoms with Gasteiger partial charge in [-0.25, -0.2) is 10.2 Å². The molecule has 0 heterocycles. The molecule has 0 fully saturated rings. The van der Waals surface area contributed by atoms with Gasteiger partial charge in [0.1, 0.15) is 0 Å². The summed E-state index contributed by atoms with van der Waals surface area (Å²) >= 11 is 0. The fourth-order valence-corrected chi connectivity index (χ4v) is 1.21. The number of hydrogen-bond acceptors (Lipinski definition) is 3. The zero-order valence-electron chi connectivity index (χ0n) is 9.51. The maximum Gasteiger partial charge on any atom is 0.427 e. The van der Waals surface area contributed by atoms with Crippen LogP contribution >= 0.6 is 0 Å². The van der Waals surface area contributed by atoms with Gasteiger partial charge in [-0.2, -0.15) is 5.10 Å². The third-order valence-electron chi connectivity index (χ3n) is 2.05. The van der Waals surface area contributed by atoms with Crippen LogP contribution in [0, 0.1) is 0 Å². The van der Waals surface area contributed by atoms with E-state index >= 15 is 0 Å². The molecule has 0 saturated carbocycles. The topological polar surface area (TPSA) is 50.7 Å². The Balaban J connectivity index is 2.43. The highest BCUT2D eigenvalue weighted by Crippen LogP contribution is 2.11. The predicted octanol–water partition coefficient (Wildman–Crippen LogP) is 2.52. The van der Waals surface area contributed by atoms with E-state index in [2.05, 4.69) is 15.3 Å². The average molecular weight is 220 g/mol. The fourth-order valence-electron chi connectivity index (χ4n) is 1.21. The molecule has 0 aliphatic rings. The molecule has 0 spiro atoms. The molecule has 0 radical (unpaired) electrons. The molecule has 0 aliphatic carbocycles. The van der Waals surface area contributed by atoms with E-state index in [4.69, 9.17) is 0 Å². The van der Waals surface area contributed by atoms with Crippen molar-refractivity contribution in [2.45, 2.75) is 19.8 Å². The Morgan fingerprint density at radius 1 is 1.50 bits per heavy atom. The van der Waals surface area contributed by atoms with Gasteiger partial charge in [0.05, 0.1) is 6.61 Å². The van der Waals surface area contributed by atoms with Crippen LogP contribution in [0.3, 0.4) is 0 Å². The second-order valence-electron chi connectivity index (χ2n) is 3.31. The van der Waals surface area contributed by atoms with Gasteiger partial charge in [0.2, 0.25) is 0 Å². The molecule has 0 aliphatic heterocycles. The molecule has 1 aromatic rings. The average Bonchev–Trinajstić information content (AvgIpc) is 2.30. The first-order chi connectivity index (χ1) is 7.74. The maximum atomic E-state index is 10.9. The van der Waals surface area contributed by atoms with Gasteiger partial charge in [0.15, 0.2) is 0 Å². The molecule has 4 heteroatoms. The van der Waals surface area contributed by atoms with Crippen LogP contribution in [0.25, 0.3) is 0 Å². The van der Waals surface area contributed by atoms with Gasteiger partial charge < -0.3 is 4.74 Å². The van der Waals surface area contributed by atoms with Crippen LogP contribution in [-0.4, -0.2) is 18.9 Å². The van der Waals surface area contributed by atoms with Gasteiger partial charge >= 0.3 is 6.09 Å². The number of hydrogen-bond donors (Lipinski definition) is 1. The summed E-state index contributed by atoms with van der Waals surface area (Å²) in [6.45, 7) is 4.09. The summed E-state index contributed by atoms with van der Waals surface area (Å²) in [4.78, 5) is 10.9. The van der Waals surface area contributed by atoms with Crippen LogP contribution in [0.4, 0.5) is 4.79 Å². The maximum absolute atomic E-state index is 10.9. The minimum absolute atomic E-state index is 0.156. The zero-order chi connectivity index (χ0) is 11.8. The Kier molecular flexibility index (Phi) is 5.05. The summed E-state index contributed by atoms with van der Waals surface area (Å²) in [5.74, 6) is 0.156. The van der Waals surface area contributed by atoms with Crippen molar-refractivity contribution in [2.24, 2.45) is 5.10 Å². The van der Waals surface area contributed by atoms with Crippen LogP contribution in [-0.2, 0) is 4.74 Å². The molecule has 0 unspecified atom stereocenters. The van der Waals surface area contributed by atoms with E-state index in [9.17, 15) is 4.79 Å².